The summed E-state index contributed by atoms with van der Waals surface area (Å²) >= 11 is 0. The molecule has 0 spiro atoms. The summed E-state index contributed by atoms with van der Waals surface area (Å²) in [7, 11) is 0. The van der Waals surface area contributed by atoms with Crippen LogP contribution in [-0.4, -0.2) is 23.4 Å². The van der Waals surface area contributed by atoms with E-state index in [9.17, 15) is 10.2 Å². The van der Waals surface area contributed by atoms with E-state index in [1.165, 1.54) is 0 Å². The van der Waals surface area contributed by atoms with E-state index in [1.807, 2.05) is 72.8 Å². The molecule has 4 rings (SSSR count). The topological polar surface area (TPSA) is 83.0 Å². The van der Waals surface area contributed by atoms with Gasteiger partial charge in [-0.1, -0.05) is 51.3 Å². The first-order valence-electron chi connectivity index (χ1n) is 13.6. The molecule has 0 saturated carbocycles. The Hall–Kier alpha value is -4.84. The van der Waals surface area contributed by atoms with Gasteiger partial charge in [0.1, 0.15) is 36.2 Å². The summed E-state index contributed by atoms with van der Waals surface area (Å²) in [4.78, 5) is 0. The molecule has 0 aromatic heterocycles. The van der Waals surface area contributed by atoms with Gasteiger partial charge in [0.2, 0.25) is 0 Å². The molecule has 0 aliphatic heterocycles. The van der Waals surface area contributed by atoms with Crippen LogP contribution < -0.4 is 20.1 Å². The molecule has 212 valence electrons. The number of phenols is 2. The lowest BCUT2D eigenvalue weighted by Crippen LogP contribution is -2.20. The van der Waals surface area contributed by atoms with E-state index in [4.69, 9.17) is 9.47 Å². The molecule has 0 atom stereocenters. The second kappa shape index (κ2) is 13.5. The summed E-state index contributed by atoms with van der Waals surface area (Å²) in [6.07, 6.45) is 3.42. The normalized spacial score (nSPS) is 11.0. The maximum atomic E-state index is 10.6. The van der Waals surface area contributed by atoms with Crippen LogP contribution in [0.5, 0.6) is 23.0 Å². The minimum atomic E-state index is -0.376. The first-order chi connectivity index (χ1) is 19.8. The van der Waals surface area contributed by atoms with Gasteiger partial charge in [-0.25, -0.2) is 0 Å². The smallest absolute Gasteiger partial charge is 0.120 e. The number of hydrogen-bond acceptors (Lipinski definition) is 6. The third-order valence-electron chi connectivity index (χ3n) is 7.01. The number of benzene rings is 4. The zero-order chi connectivity index (χ0) is 29.2. The van der Waals surface area contributed by atoms with Gasteiger partial charge >= 0.3 is 0 Å². The Morgan fingerprint density at radius 1 is 0.634 bits per heavy atom. The highest BCUT2D eigenvalue weighted by molar-refractivity contribution is 5.52. The average Bonchev–Trinajstić information content (AvgIpc) is 2.99. The van der Waals surface area contributed by atoms with Crippen LogP contribution in [0.2, 0.25) is 0 Å². The summed E-state index contributed by atoms with van der Waals surface area (Å²) in [5.41, 5.74) is 5.18. The monoisotopic (exact) mass is 550 g/mol. The van der Waals surface area contributed by atoms with Crippen molar-refractivity contribution in [3.05, 3.63) is 132 Å². The van der Waals surface area contributed by atoms with Crippen molar-refractivity contribution in [3.8, 4) is 23.0 Å². The summed E-state index contributed by atoms with van der Waals surface area (Å²) in [6, 6.07) is 26.8. The van der Waals surface area contributed by atoms with Gasteiger partial charge in [0.25, 0.3) is 0 Å². The van der Waals surface area contributed by atoms with Gasteiger partial charge in [-0.3, -0.25) is 0 Å². The molecule has 0 bridgehead atoms. The van der Waals surface area contributed by atoms with E-state index >= 15 is 0 Å². The SMILES string of the molecule is C=CCOc1ccc(NCc2cc(C(C)(C)c3ccc(O)c(CNc4ccc(OCC=C)cc4)c3)ccc2O)cc1. The molecule has 4 aromatic rings. The zero-order valence-electron chi connectivity index (χ0n) is 23.7. The number of aromatic hydroxyl groups is 2. The van der Waals surface area contributed by atoms with Crippen LogP contribution in [0.3, 0.4) is 0 Å². The summed E-state index contributed by atoms with van der Waals surface area (Å²) < 4.78 is 11.1. The molecule has 4 N–H and O–H groups in total. The lowest BCUT2D eigenvalue weighted by molar-refractivity contribution is 0.363. The Kier molecular flexibility index (Phi) is 9.59. The van der Waals surface area contributed by atoms with Crippen molar-refractivity contribution in [2.24, 2.45) is 0 Å². The largest absolute Gasteiger partial charge is 0.508 e. The van der Waals surface area contributed by atoms with Gasteiger partial charge in [-0.2, -0.15) is 0 Å². The number of nitrogens with one attached hydrogen (secondary N) is 2. The molecule has 0 unspecified atom stereocenters. The van der Waals surface area contributed by atoms with Crippen molar-refractivity contribution < 1.29 is 19.7 Å². The number of phenolic OH excluding ortho intramolecular Hbond substituents is 2. The molecule has 41 heavy (non-hydrogen) atoms. The van der Waals surface area contributed by atoms with Crippen LogP contribution in [0.25, 0.3) is 0 Å². The number of anilines is 2. The van der Waals surface area contributed by atoms with E-state index in [0.29, 0.717) is 26.3 Å². The van der Waals surface area contributed by atoms with Gasteiger partial charge in [0.15, 0.2) is 0 Å². The van der Waals surface area contributed by atoms with E-state index < -0.39 is 0 Å². The quantitative estimate of drug-likeness (QED) is 0.120. The van der Waals surface area contributed by atoms with Gasteiger partial charge in [-0.05, 0) is 83.9 Å². The van der Waals surface area contributed by atoms with Crippen molar-refractivity contribution in [3.63, 3.8) is 0 Å². The fraction of sp³-hybridized carbons (Fsp3) is 0.200. The van der Waals surface area contributed by atoms with E-state index in [-0.39, 0.29) is 16.9 Å². The number of hydrogen-bond donors (Lipinski definition) is 4. The lowest BCUT2D eigenvalue weighted by atomic mass is 9.77. The molecule has 0 aliphatic carbocycles. The van der Waals surface area contributed by atoms with Crippen LogP contribution in [0.1, 0.15) is 36.1 Å². The second-order valence-electron chi connectivity index (χ2n) is 10.3. The molecule has 0 amide bonds. The second-order valence-corrected chi connectivity index (χ2v) is 10.3. The van der Waals surface area contributed by atoms with Crippen LogP contribution >= 0.6 is 0 Å². The zero-order valence-corrected chi connectivity index (χ0v) is 23.7. The Morgan fingerprint density at radius 2 is 1.02 bits per heavy atom. The Balaban J connectivity index is 1.45. The third-order valence-corrected chi connectivity index (χ3v) is 7.01. The third kappa shape index (κ3) is 7.63. The first-order valence-corrected chi connectivity index (χ1v) is 13.6. The van der Waals surface area contributed by atoms with Crippen molar-refractivity contribution in [1.82, 2.24) is 0 Å². The maximum absolute atomic E-state index is 10.6. The minimum absolute atomic E-state index is 0.236. The molecule has 4 aromatic carbocycles. The van der Waals surface area contributed by atoms with Gasteiger partial charge < -0.3 is 30.3 Å². The summed E-state index contributed by atoms with van der Waals surface area (Å²) in [5, 5.41) is 27.9. The predicted molar refractivity (Wildman–Crippen MR) is 167 cm³/mol. The Morgan fingerprint density at radius 3 is 1.39 bits per heavy atom. The highest BCUT2D eigenvalue weighted by Crippen LogP contribution is 2.36. The van der Waals surface area contributed by atoms with Gasteiger partial charge in [0.05, 0.1) is 0 Å². The molecule has 0 saturated heterocycles. The number of rotatable bonds is 14. The molecule has 6 nitrogen and oxygen atoms in total. The van der Waals surface area contributed by atoms with Crippen LogP contribution in [0.15, 0.2) is 110 Å². The molecule has 0 radical (unpaired) electrons. The van der Waals surface area contributed by atoms with Crippen molar-refractivity contribution in [2.75, 3.05) is 23.8 Å². The lowest BCUT2D eigenvalue weighted by Gasteiger charge is -2.28. The molecule has 6 heteroatoms. The van der Waals surface area contributed by atoms with Gasteiger partial charge in [0, 0.05) is 41.0 Å². The Bertz CT molecular complexity index is 1350. The standard InChI is InChI=1S/C35H38N2O4/c1-5-19-40-31-13-9-29(10-14-31)36-23-25-21-27(7-17-33(25)38)35(3,4)28-8-18-34(39)26(22-28)24-37-30-11-15-32(16-12-30)41-20-6-2/h5-18,21-22,36-39H,1-2,19-20,23-24H2,3-4H3. The molecular formula is C35H38N2O4. The van der Waals surface area contributed by atoms with Crippen molar-refractivity contribution >= 4 is 11.4 Å². The van der Waals surface area contributed by atoms with Crippen LogP contribution in [-0.2, 0) is 18.5 Å². The molecular weight excluding hydrogens is 512 g/mol. The number of ether oxygens (including phenoxy) is 2. The van der Waals surface area contributed by atoms with E-state index in [0.717, 1.165) is 45.1 Å². The van der Waals surface area contributed by atoms with E-state index in [2.05, 4.69) is 37.6 Å². The van der Waals surface area contributed by atoms with Crippen molar-refractivity contribution in [1.29, 1.82) is 0 Å². The fourth-order valence-electron chi connectivity index (χ4n) is 4.44. The summed E-state index contributed by atoms with van der Waals surface area (Å²) in [5.74, 6) is 2.02. The molecule has 0 heterocycles. The maximum Gasteiger partial charge on any atom is 0.120 e. The summed E-state index contributed by atoms with van der Waals surface area (Å²) in [6.45, 7) is 13.5. The van der Waals surface area contributed by atoms with E-state index in [1.54, 1.807) is 24.3 Å². The van der Waals surface area contributed by atoms with Crippen LogP contribution in [0, 0.1) is 0 Å². The highest BCUT2D eigenvalue weighted by Gasteiger charge is 2.25. The average molecular weight is 551 g/mol. The highest BCUT2D eigenvalue weighted by atomic mass is 16.5. The molecule has 0 fully saturated rings. The molecule has 0 aliphatic rings. The predicted octanol–water partition coefficient (Wildman–Crippen LogP) is 7.78. The Labute approximate surface area is 242 Å². The minimum Gasteiger partial charge on any atom is -0.508 e. The fourth-order valence-corrected chi connectivity index (χ4v) is 4.44. The van der Waals surface area contributed by atoms with Crippen LogP contribution in [0.4, 0.5) is 11.4 Å². The van der Waals surface area contributed by atoms with Crippen molar-refractivity contribution in [2.45, 2.75) is 32.4 Å². The van der Waals surface area contributed by atoms with Gasteiger partial charge in [-0.15, -0.1) is 0 Å². The first kappa shape index (κ1) is 29.2.